The molecule has 0 amide bonds. The SMILES string of the molecule is N=C1CC=C2N=CSC2CC1. The van der Waals surface area contributed by atoms with Crippen LogP contribution in [0.4, 0.5) is 0 Å². The van der Waals surface area contributed by atoms with Gasteiger partial charge in [-0.05, 0) is 12.8 Å². The lowest BCUT2D eigenvalue weighted by molar-refractivity contribution is 0.879. The zero-order chi connectivity index (χ0) is 7.68. The van der Waals surface area contributed by atoms with Crippen molar-refractivity contribution in [1.82, 2.24) is 0 Å². The average molecular weight is 166 g/mol. The molecule has 1 aliphatic heterocycles. The summed E-state index contributed by atoms with van der Waals surface area (Å²) in [6.45, 7) is 0. The van der Waals surface area contributed by atoms with E-state index in [0.29, 0.717) is 5.25 Å². The summed E-state index contributed by atoms with van der Waals surface area (Å²) in [7, 11) is 0. The van der Waals surface area contributed by atoms with Crippen LogP contribution in [-0.4, -0.2) is 16.5 Å². The number of rotatable bonds is 0. The molecule has 1 atom stereocenters. The van der Waals surface area contributed by atoms with Crippen molar-refractivity contribution in [1.29, 1.82) is 5.41 Å². The van der Waals surface area contributed by atoms with E-state index in [4.69, 9.17) is 5.41 Å². The number of aliphatic imine (C=N–C) groups is 1. The van der Waals surface area contributed by atoms with Gasteiger partial charge in [0.2, 0.25) is 0 Å². The van der Waals surface area contributed by atoms with Gasteiger partial charge in [0.1, 0.15) is 0 Å². The second-order valence-corrected chi connectivity index (χ2v) is 3.89. The third kappa shape index (κ3) is 1.38. The van der Waals surface area contributed by atoms with Gasteiger partial charge in [-0.25, -0.2) is 0 Å². The van der Waals surface area contributed by atoms with Crippen LogP contribution in [0.25, 0.3) is 0 Å². The average Bonchev–Trinajstić information content (AvgIpc) is 2.38. The van der Waals surface area contributed by atoms with E-state index in [1.165, 1.54) is 5.70 Å². The second kappa shape index (κ2) is 2.81. The summed E-state index contributed by atoms with van der Waals surface area (Å²) in [5, 5.41) is 8.06. The predicted molar refractivity (Wildman–Crippen MR) is 49.5 cm³/mol. The van der Waals surface area contributed by atoms with Gasteiger partial charge in [0.15, 0.2) is 0 Å². The molecule has 0 aromatic heterocycles. The summed E-state index contributed by atoms with van der Waals surface area (Å²) in [6, 6.07) is 0. The molecule has 0 saturated carbocycles. The minimum absolute atomic E-state index is 0.554. The summed E-state index contributed by atoms with van der Waals surface area (Å²) in [4.78, 5) is 4.25. The van der Waals surface area contributed by atoms with Gasteiger partial charge < -0.3 is 5.41 Å². The predicted octanol–water partition coefficient (Wildman–Crippen LogP) is 2.22. The molecule has 2 aliphatic rings. The zero-order valence-electron chi connectivity index (χ0n) is 6.21. The van der Waals surface area contributed by atoms with E-state index in [-0.39, 0.29) is 0 Å². The minimum atomic E-state index is 0.554. The van der Waals surface area contributed by atoms with Crippen molar-refractivity contribution >= 4 is 23.0 Å². The monoisotopic (exact) mass is 166 g/mol. The lowest BCUT2D eigenvalue weighted by atomic mass is 10.2. The van der Waals surface area contributed by atoms with E-state index in [0.717, 1.165) is 25.0 Å². The number of thioether (sulfide) groups is 1. The first kappa shape index (κ1) is 7.10. The molecule has 1 aliphatic carbocycles. The summed E-state index contributed by atoms with van der Waals surface area (Å²) in [5.41, 5.74) is 3.96. The molecular weight excluding hydrogens is 156 g/mol. The van der Waals surface area contributed by atoms with Crippen molar-refractivity contribution in [2.75, 3.05) is 0 Å². The van der Waals surface area contributed by atoms with E-state index in [9.17, 15) is 0 Å². The Kier molecular flexibility index (Phi) is 1.82. The Morgan fingerprint density at radius 2 is 2.55 bits per heavy atom. The lowest BCUT2D eigenvalue weighted by Gasteiger charge is -2.04. The van der Waals surface area contributed by atoms with Crippen LogP contribution in [0.1, 0.15) is 19.3 Å². The van der Waals surface area contributed by atoms with Crippen LogP contribution in [0, 0.1) is 5.41 Å². The molecule has 2 nitrogen and oxygen atoms in total. The molecule has 0 saturated heterocycles. The molecule has 0 fully saturated rings. The molecule has 0 aromatic carbocycles. The molecule has 1 N–H and O–H groups in total. The third-order valence-electron chi connectivity index (χ3n) is 2.02. The standard InChI is InChI=1S/C8H10N2S/c9-6-1-3-7-8(4-2-6)11-5-10-7/h3,5,8-9H,1-2,4H2. The number of hydrogen-bond donors (Lipinski definition) is 1. The van der Waals surface area contributed by atoms with Crippen molar-refractivity contribution in [2.24, 2.45) is 4.99 Å². The van der Waals surface area contributed by atoms with E-state index >= 15 is 0 Å². The highest BCUT2D eigenvalue weighted by Crippen LogP contribution is 2.31. The van der Waals surface area contributed by atoms with Crippen molar-refractivity contribution in [3.63, 3.8) is 0 Å². The molecule has 11 heavy (non-hydrogen) atoms. The van der Waals surface area contributed by atoms with Crippen LogP contribution < -0.4 is 0 Å². The number of fused-ring (bicyclic) bond motifs is 1. The summed E-state index contributed by atoms with van der Waals surface area (Å²) in [6.07, 6.45) is 4.94. The first-order chi connectivity index (χ1) is 5.36. The van der Waals surface area contributed by atoms with E-state index in [1.54, 1.807) is 11.8 Å². The quantitative estimate of drug-likeness (QED) is 0.588. The topological polar surface area (TPSA) is 36.2 Å². The largest absolute Gasteiger partial charge is 0.309 e. The summed E-state index contributed by atoms with van der Waals surface area (Å²) in [5.74, 6) is 0. The van der Waals surface area contributed by atoms with Gasteiger partial charge in [0.25, 0.3) is 0 Å². The van der Waals surface area contributed by atoms with Crippen LogP contribution in [0.3, 0.4) is 0 Å². The summed E-state index contributed by atoms with van der Waals surface area (Å²) < 4.78 is 0. The highest BCUT2D eigenvalue weighted by Gasteiger charge is 2.20. The molecule has 3 heteroatoms. The fourth-order valence-electron chi connectivity index (χ4n) is 1.35. The molecule has 2 rings (SSSR count). The number of nitrogens with zero attached hydrogens (tertiary/aromatic N) is 1. The third-order valence-corrected chi connectivity index (χ3v) is 3.06. The van der Waals surface area contributed by atoms with E-state index < -0.39 is 0 Å². The van der Waals surface area contributed by atoms with Crippen molar-refractivity contribution in [2.45, 2.75) is 24.5 Å². The van der Waals surface area contributed by atoms with Gasteiger partial charge in [-0.3, -0.25) is 4.99 Å². The number of nitrogens with one attached hydrogen (secondary N) is 1. The van der Waals surface area contributed by atoms with Crippen LogP contribution in [0.5, 0.6) is 0 Å². The molecule has 58 valence electrons. The fraction of sp³-hybridized carbons (Fsp3) is 0.500. The van der Waals surface area contributed by atoms with Crippen molar-refractivity contribution in [3.05, 3.63) is 11.8 Å². The first-order valence-corrected chi connectivity index (χ1v) is 4.75. The Hall–Kier alpha value is -0.570. The zero-order valence-corrected chi connectivity index (χ0v) is 7.03. The van der Waals surface area contributed by atoms with Crippen LogP contribution >= 0.6 is 11.8 Å². The maximum absolute atomic E-state index is 7.50. The maximum Gasteiger partial charge on any atom is 0.0606 e. The van der Waals surface area contributed by atoms with Gasteiger partial charge in [-0.1, -0.05) is 6.08 Å². The van der Waals surface area contributed by atoms with Gasteiger partial charge in [-0.2, -0.15) is 0 Å². The minimum Gasteiger partial charge on any atom is -0.309 e. The fourth-order valence-corrected chi connectivity index (χ4v) is 2.23. The highest BCUT2D eigenvalue weighted by atomic mass is 32.2. The molecule has 0 spiro atoms. The van der Waals surface area contributed by atoms with Crippen molar-refractivity contribution < 1.29 is 0 Å². The molecular formula is C8H10N2S. The Morgan fingerprint density at radius 3 is 3.45 bits per heavy atom. The lowest BCUT2D eigenvalue weighted by Crippen LogP contribution is -2.00. The smallest absolute Gasteiger partial charge is 0.0606 e. The molecule has 0 radical (unpaired) electrons. The van der Waals surface area contributed by atoms with Gasteiger partial charge in [-0.15, -0.1) is 11.8 Å². The number of hydrogen-bond acceptors (Lipinski definition) is 3. The van der Waals surface area contributed by atoms with Crippen LogP contribution in [0.2, 0.25) is 0 Å². The maximum atomic E-state index is 7.50. The Morgan fingerprint density at radius 1 is 1.64 bits per heavy atom. The van der Waals surface area contributed by atoms with Gasteiger partial charge in [0, 0.05) is 12.1 Å². The van der Waals surface area contributed by atoms with Gasteiger partial charge >= 0.3 is 0 Å². The van der Waals surface area contributed by atoms with Crippen LogP contribution in [-0.2, 0) is 0 Å². The Balaban J connectivity index is 2.19. The van der Waals surface area contributed by atoms with E-state index in [2.05, 4.69) is 11.1 Å². The Labute approximate surface area is 70.3 Å². The first-order valence-electron chi connectivity index (χ1n) is 3.80. The van der Waals surface area contributed by atoms with Crippen LogP contribution in [0.15, 0.2) is 16.8 Å². The second-order valence-electron chi connectivity index (χ2n) is 2.83. The molecule has 0 bridgehead atoms. The molecule has 1 heterocycles. The van der Waals surface area contributed by atoms with E-state index in [1.807, 2.05) is 5.55 Å². The van der Waals surface area contributed by atoms with Crippen molar-refractivity contribution in [3.8, 4) is 0 Å². The normalized spacial score (nSPS) is 29.6. The number of allylic oxidation sites excluding steroid dienone is 1. The van der Waals surface area contributed by atoms with Gasteiger partial charge in [0.05, 0.1) is 16.5 Å². The Bertz CT molecular complexity index is 242. The molecule has 1 unspecified atom stereocenters. The highest BCUT2D eigenvalue weighted by molar-refractivity contribution is 8.13. The summed E-state index contributed by atoms with van der Waals surface area (Å²) >= 11 is 1.79. The molecule has 0 aromatic rings.